The molecule has 0 spiro atoms. The van der Waals surface area contributed by atoms with Gasteiger partial charge in [-0.25, -0.2) is 19.7 Å². The molecule has 0 aliphatic carbocycles. The molecule has 3 heterocycles. The van der Waals surface area contributed by atoms with Crippen LogP contribution in [0.3, 0.4) is 0 Å². The van der Waals surface area contributed by atoms with Crippen LogP contribution in [0.25, 0.3) is 11.2 Å². The number of amides is 1. The van der Waals surface area contributed by atoms with Crippen LogP contribution in [0.15, 0.2) is 49.3 Å². The minimum atomic E-state index is -0.846. The number of para-hydroxylation sites is 1. The molecular formula is C20H20N6O4. The van der Waals surface area contributed by atoms with Crippen LogP contribution in [-0.2, 0) is 9.53 Å². The highest BCUT2D eigenvalue weighted by atomic mass is 16.5. The largest absolute Gasteiger partial charge is 0.507 e. The minimum absolute atomic E-state index is 0.0392. The number of aromatic hydroxyl groups is 1. The number of aromatic amines is 1. The minimum Gasteiger partial charge on any atom is -0.507 e. The maximum atomic E-state index is 12.5. The van der Waals surface area contributed by atoms with Gasteiger partial charge < -0.3 is 25.0 Å². The van der Waals surface area contributed by atoms with Crippen LogP contribution >= 0.6 is 0 Å². The van der Waals surface area contributed by atoms with Crippen LogP contribution in [0.5, 0.6) is 5.75 Å². The van der Waals surface area contributed by atoms with Crippen molar-refractivity contribution in [3.05, 3.63) is 54.8 Å². The molecule has 0 unspecified atom stereocenters. The summed E-state index contributed by atoms with van der Waals surface area (Å²) in [6, 6.07) is 5.75. The number of carbonyl (C=O) groups is 2. The van der Waals surface area contributed by atoms with Crippen molar-refractivity contribution in [1.29, 1.82) is 0 Å². The third kappa shape index (κ3) is 3.93. The number of phenolic OH excluding ortho intramolecular Hbond substituents is 1. The molecule has 154 valence electrons. The van der Waals surface area contributed by atoms with Crippen molar-refractivity contribution in [2.75, 3.05) is 18.0 Å². The van der Waals surface area contributed by atoms with E-state index in [9.17, 15) is 14.7 Å². The molecule has 3 N–H and O–H groups in total. The maximum Gasteiger partial charge on any atom is 0.347 e. The molecule has 1 atom stereocenters. The Morgan fingerprint density at radius 1 is 1.27 bits per heavy atom. The molecule has 2 aromatic heterocycles. The molecule has 1 aromatic carbocycles. The molecule has 0 bridgehead atoms. The Hall–Kier alpha value is -3.95. The zero-order valence-corrected chi connectivity index (χ0v) is 16.0. The predicted molar refractivity (Wildman–Crippen MR) is 108 cm³/mol. The van der Waals surface area contributed by atoms with Gasteiger partial charge >= 0.3 is 5.97 Å². The number of benzene rings is 1. The highest BCUT2D eigenvalue weighted by Gasteiger charge is 2.26. The second-order valence-electron chi connectivity index (χ2n) is 6.89. The van der Waals surface area contributed by atoms with E-state index in [2.05, 4.69) is 31.8 Å². The Morgan fingerprint density at radius 3 is 2.93 bits per heavy atom. The van der Waals surface area contributed by atoms with E-state index in [1.54, 1.807) is 18.5 Å². The van der Waals surface area contributed by atoms with Gasteiger partial charge in [0.15, 0.2) is 17.2 Å². The molecule has 0 radical (unpaired) electrons. The monoisotopic (exact) mass is 408 g/mol. The summed E-state index contributed by atoms with van der Waals surface area (Å²) in [5, 5.41) is 12.6. The first-order valence-corrected chi connectivity index (χ1v) is 9.42. The Bertz CT molecular complexity index is 1110. The van der Waals surface area contributed by atoms with E-state index in [4.69, 9.17) is 4.74 Å². The Balaban J connectivity index is 1.38. The number of rotatable bonds is 5. The fraction of sp³-hybridized carbons (Fsp3) is 0.250. The number of aromatic nitrogens is 4. The van der Waals surface area contributed by atoms with E-state index in [1.807, 2.05) is 4.90 Å². The van der Waals surface area contributed by atoms with Crippen molar-refractivity contribution in [3.63, 3.8) is 0 Å². The van der Waals surface area contributed by atoms with Crippen molar-refractivity contribution in [3.8, 4) is 5.75 Å². The lowest BCUT2D eigenvalue weighted by molar-refractivity contribution is -0.120. The Kier molecular flexibility index (Phi) is 5.29. The number of carbonyl (C=O) groups excluding carboxylic acids is 2. The van der Waals surface area contributed by atoms with E-state index in [1.165, 1.54) is 18.5 Å². The van der Waals surface area contributed by atoms with Crippen LogP contribution in [0, 0.1) is 0 Å². The number of fused-ring (bicyclic) bond motifs is 1. The second-order valence-corrected chi connectivity index (χ2v) is 6.89. The zero-order valence-electron chi connectivity index (χ0n) is 16.0. The number of phenols is 1. The number of piperidine rings is 1. The van der Waals surface area contributed by atoms with Gasteiger partial charge in [-0.2, -0.15) is 0 Å². The number of imidazole rings is 1. The summed E-state index contributed by atoms with van der Waals surface area (Å²) in [7, 11) is 0. The number of hydrogen-bond acceptors (Lipinski definition) is 8. The van der Waals surface area contributed by atoms with Gasteiger partial charge in [0.05, 0.1) is 6.33 Å². The van der Waals surface area contributed by atoms with Crippen molar-refractivity contribution in [2.45, 2.75) is 18.9 Å². The van der Waals surface area contributed by atoms with Gasteiger partial charge in [0, 0.05) is 19.1 Å². The average Bonchev–Trinajstić information content (AvgIpc) is 3.23. The SMILES string of the molecule is C=C(OC(=O)c1ccccc1O)C(=O)N[C@@H]1CCCN(c2ncnc3nc[nH]c23)C1. The van der Waals surface area contributed by atoms with Crippen LogP contribution in [0.4, 0.5) is 5.82 Å². The van der Waals surface area contributed by atoms with Gasteiger partial charge in [-0.3, -0.25) is 4.79 Å². The van der Waals surface area contributed by atoms with Crippen LogP contribution in [-0.4, -0.2) is 56.1 Å². The van der Waals surface area contributed by atoms with E-state index in [0.29, 0.717) is 12.2 Å². The number of hydrogen-bond donors (Lipinski definition) is 3. The number of anilines is 1. The molecule has 4 rings (SSSR count). The highest BCUT2D eigenvalue weighted by Crippen LogP contribution is 2.23. The summed E-state index contributed by atoms with van der Waals surface area (Å²) in [4.78, 5) is 42.3. The summed E-state index contributed by atoms with van der Waals surface area (Å²) in [6.45, 7) is 4.85. The number of nitrogens with one attached hydrogen (secondary N) is 2. The Labute approximate surface area is 171 Å². The quantitative estimate of drug-likeness (QED) is 0.329. The molecule has 10 nitrogen and oxygen atoms in total. The smallest absolute Gasteiger partial charge is 0.347 e. The lowest BCUT2D eigenvalue weighted by Gasteiger charge is -2.34. The fourth-order valence-corrected chi connectivity index (χ4v) is 3.40. The summed E-state index contributed by atoms with van der Waals surface area (Å²) < 4.78 is 5.03. The Morgan fingerprint density at radius 2 is 2.10 bits per heavy atom. The van der Waals surface area contributed by atoms with Crippen molar-refractivity contribution >= 4 is 28.9 Å². The zero-order chi connectivity index (χ0) is 21.1. The van der Waals surface area contributed by atoms with Crippen LogP contribution in [0.1, 0.15) is 23.2 Å². The summed E-state index contributed by atoms with van der Waals surface area (Å²) in [5.74, 6) is -1.27. The summed E-state index contributed by atoms with van der Waals surface area (Å²) in [6.07, 6.45) is 4.63. The summed E-state index contributed by atoms with van der Waals surface area (Å²) in [5.41, 5.74) is 1.28. The van der Waals surface area contributed by atoms with Crippen molar-refractivity contribution < 1.29 is 19.4 Å². The lowest BCUT2D eigenvalue weighted by Crippen LogP contribution is -2.48. The first-order chi connectivity index (χ1) is 14.5. The molecule has 1 fully saturated rings. The van der Waals surface area contributed by atoms with Gasteiger partial charge in [-0.1, -0.05) is 18.7 Å². The number of nitrogens with zero attached hydrogens (tertiary/aromatic N) is 4. The third-order valence-corrected chi connectivity index (χ3v) is 4.85. The first kappa shape index (κ1) is 19.4. The molecular weight excluding hydrogens is 388 g/mol. The van der Waals surface area contributed by atoms with Crippen molar-refractivity contribution in [2.24, 2.45) is 0 Å². The van der Waals surface area contributed by atoms with Gasteiger partial charge in [0.25, 0.3) is 5.91 Å². The fourth-order valence-electron chi connectivity index (χ4n) is 3.40. The molecule has 10 heteroatoms. The van der Waals surface area contributed by atoms with Crippen LogP contribution in [0.2, 0.25) is 0 Å². The van der Waals surface area contributed by atoms with E-state index in [-0.39, 0.29) is 23.1 Å². The normalized spacial score (nSPS) is 16.3. The van der Waals surface area contributed by atoms with E-state index >= 15 is 0 Å². The van der Waals surface area contributed by atoms with Gasteiger partial charge in [-0.05, 0) is 25.0 Å². The third-order valence-electron chi connectivity index (χ3n) is 4.85. The van der Waals surface area contributed by atoms with Gasteiger partial charge in [-0.15, -0.1) is 0 Å². The number of H-pyrrole nitrogens is 1. The first-order valence-electron chi connectivity index (χ1n) is 9.42. The molecule has 1 amide bonds. The number of ether oxygens (including phenoxy) is 1. The topological polar surface area (TPSA) is 133 Å². The molecule has 3 aromatic rings. The maximum absolute atomic E-state index is 12.5. The molecule has 30 heavy (non-hydrogen) atoms. The van der Waals surface area contributed by atoms with Crippen LogP contribution < -0.4 is 10.2 Å². The molecule has 1 saturated heterocycles. The summed E-state index contributed by atoms with van der Waals surface area (Å²) >= 11 is 0. The second kappa shape index (κ2) is 8.19. The molecule has 1 aliphatic rings. The lowest BCUT2D eigenvalue weighted by atomic mass is 10.1. The van der Waals surface area contributed by atoms with E-state index in [0.717, 1.165) is 30.7 Å². The van der Waals surface area contributed by atoms with E-state index < -0.39 is 11.9 Å². The van der Waals surface area contributed by atoms with Gasteiger partial charge in [0.1, 0.15) is 23.2 Å². The number of esters is 1. The highest BCUT2D eigenvalue weighted by molar-refractivity contribution is 5.98. The molecule has 0 saturated carbocycles. The predicted octanol–water partition coefficient (Wildman–Crippen LogP) is 1.51. The van der Waals surface area contributed by atoms with Gasteiger partial charge in [0.2, 0.25) is 0 Å². The average molecular weight is 408 g/mol. The standard InChI is InChI=1S/C20H20N6O4/c1-12(30-20(29)14-6-2-3-7-15(14)27)19(28)25-13-5-4-8-26(9-13)18-16-17(22-10-21-16)23-11-24-18/h2-3,6-7,10-11,13,27H,1,4-5,8-9H2,(H,25,28)(H,21,22,23,24)/t13-/m1/s1. The molecule has 1 aliphatic heterocycles. The van der Waals surface area contributed by atoms with Crippen molar-refractivity contribution in [1.82, 2.24) is 25.3 Å².